The van der Waals surface area contributed by atoms with E-state index in [9.17, 15) is 14.7 Å². The average Bonchev–Trinajstić information content (AvgIpc) is 3.26. The number of benzene rings is 1. The zero-order valence-electron chi connectivity index (χ0n) is 23.8. The first-order valence-electron chi connectivity index (χ1n) is 13.3. The van der Waals surface area contributed by atoms with Crippen molar-refractivity contribution in [3.05, 3.63) is 64.3 Å². The minimum Gasteiger partial charge on any atom is -0.387 e. The lowest BCUT2D eigenvalue weighted by Crippen LogP contribution is -2.61. The van der Waals surface area contributed by atoms with Crippen molar-refractivity contribution in [2.24, 2.45) is 0 Å². The summed E-state index contributed by atoms with van der Waals surface area (Å²) in [5.74, 6) is 0.0122. The van der Waals surface area contributed by atoms with Crippen molar-refractivity contribution < 1.29 is 14.7 Å². The molecule has 9 heteroatoms. The Hall–Kier alpha value is -3.27. The second kappa shape index (κ2) is 11.1. The molecule has 2 aromatic heterocycles. The largest absolute Gasteiger partial charge is 0.387 e. The number of aliphatic hydroxyl groups excluding tert-OH is 1. The molecule has 3 heterocycles. The maximum atomic E-state index is 13.2. The maximum absolute atomic E-state index is 13.2. The van der Waals surface area contributed by atoms with Crippen LogP contribution in [0.2, 0.25) is 0 Å². The van der Waals surface area contributed by atoms with Gasteiger partial charge in [0.1, 0.15) is 5.00 Å². The molecule has 0 bridgehead atoms. The van der Waals surface area contributed by atoms with E-state index in [0.29, 0.717) is 24.5 Å². The Morgan fingerprint density at radius 1 is 1.21 bits per heavy atom. The lowest BCUT2D eigenvalue weighted by atomic mass is 9.93. The van der Waals surface area contributed by atoms with Crippen LogP contribution in [0, 0.1) is 6.92 Å². The Bertz CT molecular complexity index is 1360. The molecule has 3 amide bonds. The molecule has 4 N–H and O–H groups in total. The normalized spacial score (nSPS) is 16.5. The number of aryl methyl sites for hydroxylation is 1. The van der Waals surface area contributed by atoms with Gasteiger partial charge in [0.05, 0.1) is 17.3 Å². The number of rotatable bonds is 6. The fourth-order valence-corrected chi connectivity index (χ4v) is 5.66. The topological polar surface area (TPSA) is 107 Å². The molecule has 1 aliphatic heterocycles. The van der Waals surface area contributed by atoms with E-state index in [1.54, 1.807) is 24.5 Å². The first-order chi connectivity index (χ1) is 18.3. The van der Waals surface area contributed by atoms with Crippen molar-refractivity contribution in [1.82, 2.24) is 15.2 Å². The summed E-state index contributed by atoms with van der Waals surface area (Å²) in [6.07, 6.45) is 1.11. The molecule has 1 fully saturated rings. The van der Waals surface area contributed by atoms with E-state index in [-0.39, 0.29) is 17.4 Å². The van der Waals surface area contributed by atoms with Crippen LogP contribution >= 0.6 is 11.3 Å². The molecule has 8 nitrogen and oxygen atoms in total. The van der Waals surface area contributed by atoms with E-state index in [1.807, 2.05) is 51.1 Å². The summed E-state index contributed by atoms with van der Waals surface area (Å²) in [7, 11) is 0. The first-order valence-corrected chi connectivity index (χ1v) is 14.1. The Kier molecular flexibility index (Phi) is 8.16. The third kappa shape index (κ3) is 6.49. The van der Waals surface area contributed by atoms with Crippen molar-refractivity contribution in [3.8, 4) is 11.1 Å². The second-order valence-electron chi connectivity index (χ2n) is 11.7. The van der Waals surface area contributed by atoms with Gasteiger partial charge in [-0.15, -0.1) is 11.3 Å². The first kappa shape index (κ1) is 28.7. The van der Waals surface area contributed by atoms with Crippen molar-refractivity contribution in [2.75, 3.05) is 23.7 Å². The molecule has 208 valence electrons. The number of piperazine rings is 1. The molecular weight excluding hydrogens is 510 g/mol. The lowest BCUT2D eigenvalue weighted by Gasteiger charge is -2.41. The smallest absolute Gasteiger partial charge is 0.324 e. The molecule has 1 saturated heterocycles. The van der Waals surface area contributed by atoms with Gasteiger partial charge in [0.25, 0.3) is 0 Å². The van der Waals surface area contributed by atoms with Crippen LogP contribution in [0.25, 0.3) is 11.1 Å². The fourth-order valence-electron chi connectivity index (χ4n) is 4.54. The number of pyridine rings is 1. The predicted molar refractivity (Wildman–Crippen MR) is 158 cm³/mol. The van der Waals surface area contributed by atoms with Gasteiger partial charge >= 0.3 is 6.03 Å². The summed E-state index contributed by atoms with van der Waals surface area (Å²) in [4.78, 5) is 33.4. The van der Waals surface area contributed by atoms with Gasteiger partial charge in [-0.2, -0.15) is 0 Å². The number of thiophene rings is 1. The monoisotopic (exact) mass is 549 g/mol. The zero-order valence-corrected chi connectivity index (χ0v) is 24.6. The van der Waals surface area contributed by atoms with Crippen LogP contribution < -0.4 is 16.0 Å². The number of urea groups is 1. The van der Waals surface area contributed by atoms with Crippen LogP contribution in [0.1, 0.15) is 69.3 Å². The minimum absolute atomic E-state index is 0.0122. The lowest BCUT2D eigenvalue weighted by molar-refractivity contribution is -0.135. The van der Waals surface area contributed by atoms with Gasteiger partial charge in [0.15, 0.2) is 0 Å². The quantitative estimate of drug-likeness (QED) is 0.310. The molecule has 0 aliphatic carbocycles. The SMILES string of the molecule is Cc1ccc(NC(=O)Nc2sc(C(C)(C)C)cc2CN2CCNC(=O)C2(C)C)cc1-c1ccc(C(C)O)nc1. The zero-order chi connectivity index (χ0) is 28.5. The highest BCUT2D eigenvalue weighted by Gasteiger charge is 2.38. The molecule has 0 spiro atoms. The number of amides is 3. The Balaban J connectivity index is 1.55. The highest BCUT2D eigenvalue weighted by Crippen LogP contribution is 2.38. The Morgan fingerprint density at radius 3 is 2.59 bits per heavy atom. The Labute approximate surface area is 234 Å². The second-order valence-corrected chi connectivity index (χ2v) is 12.8. The van der Waals surface area contributed by atoms with Crippen LogP contribution in [0.5, 0.6) is 0 Å². The molecule has 3 aromatic rings. The number of hydrogen-bond donors (Lipinski definition) is 4. The number of aliphatic hydroxyl groups is 1. The summed E-state index contributed by atoms with van der Waals surface area (Å²) in [5, 5.41) is 19.5. The number of nitrogens with one attached hydrogen (secondary N) is 3. The number of nitrogens with zero attached hydrogens (tertiary/aromatic N) is 2. The van der Waals surface area contributed by atoms with E-state index in [1.165, 1.54) is 0 Å². The Morgan fingerprint density at radius 2 is 1.95 bits per heavy atom. The minimum atomic E-state index is -0.637. The number of hydrogen-bond acceptors (Lipinski definition) is 6. The van der Waals surface area contributed by atoms with Gasteiger partial charge in [0, 0.05) is 47.5 Å². The van der Waals surface area contributed by atoms with Gasteiger partial charge in [-0.25, -0.2) is 4.79 Å². The predicted octanol–water partition coefficient (Wildman–Crippen LogP) is 5.82. The molecule has 0 saturated carbocycles. The highest BCUT2D eigenvalue weighted by atomic mass is 32.1. The van der Waals surface area contributed by atoms with Crippen LogP contribution in [0.15, 0.2) is 42.6 Å². The third-order valence-electron chi connectivity index (χ3n) is 7.17. The van der Waals surface area contributed by atoms with E-state index in [4.69, 9.17) is 0 Å². The van der Waals surface area contributed by atoms with E-state index >= 15 is 0 Å². The standard InChI is InChI=1S/C30H39N5O3S/c1-18-8-10-22(15-23(18)20-9-11-24(19(2)36)32-16-20)33-28(38)34-26-21(14-25(39-26)29(3,4)5)17-35-13-12-31-27(37)30(35,6)7/h8-11,14-16,19,36H,12-13,17H2,1-7H3,(H,31,37)(H2,33,34,38). The van der Waals surface area contributed by atoms with E-state index in [2.05, 4.69) is 52.7 Å². The van der Waals surface area contributed by atoms with Crippen molar-refractivity contribution in [3.63, 3.8) is 0 Å². The summed E-state index contributed by atoms with van der Waals surface area (Å²) < 4.78 is 0. The maximum Gasteiger partial charge on any atom is 0.324 e. The number of anilines is 2. The summed E-state index contributed by atoms with van der Waals surface area (Å²) in [6.45, 7) is 15.9. The van der Waals surface area contributed by atoms with Gasteiger partial charge in [-0.1, -0.05) is 32.9 Å². The van der Waals surface area contributed by atoms with Gasteiger partial charge in [-0.05, 0) is 68.5 Å². The van der Waals surface area contributed by atoms with E-state index in [0.717, 1.165) is 38.7 Å². The van der Waals surface area contributed by atoms with Crippen molar-refractivity contribution >= 4 is 34.0 Å². The molecule has 1 atom stereocenters. The molecule has 39 heavy (non-hydrogen) atoms. The van der Waals surface area contributed by atoms with E-state index < -0.39 is 11.6 Å². The highest BCUT2D eigenvalue weighted by molar-refractivity contribution is 7.16. The molecule has 4 rings (SSSR count). The van der Waals surface area contributed by atoms with Gasteiger partial charge in [0.2, 0.25) is 5.91 Å². The van der Waals surface area contributed by atoms with Crippen LogP contribution in [-0.4, -0.2) is 45.6 Å². The van der Waals surface area contributed by atoms with Crippen LogP contribution in [-0.2, 0) is 16.8 Å². The molecule has 0 radical (unpaired) electrons. The van der Waals surface area contributed by atoms with Crippen molar-refractivity contribution in [1.29, 1.82) is 0 Å². The molecular formula is C30H39N5O3S. The average molecular weight is 550 g/mol. The summed E-state index contributed by atoms with van der Waals surface area (Å²) >= 11 is 1.57. The summed E-state index contributed by atoms with van der Waals surface area (Å²) in [5.41, 5.74) is 4.47. The molecule has 1 unspecified atom stereocenters. The third-order valence-corrected chi connectivity index (χ3v) is 8.69. The van der Waals surface area contributed by atoms with Crippen molar-refractivity contribution in [2.45, 2.75) is 72.1 Å². The molecule has 1 aromatic carbocycles. The van der Waals surface area contributed by atoms with Gasteiger partial charge < -0.3 is 15.7 Å². The number of carbonyl (C=O) groups is 2. The fraction of sp³-hybridized carbons (Fsp3) is 0.433. The summed E-state index contributed by atoms with van der Waals surface area (Å²) in [6, 6.07) is 11.3. The number of aromatic nitrogens is 1. The van der Waals surface area contributed by atoms with Crippen LogP contribution in [0.3, 0.4) is 0 Å². The van der Waals surface area contributed by atoms with Gasteiger partial charge in [-0.3, -0.25) is 20.0 Å². The van der Waals surface area contributed by atoms with Crippen LogP contribution in [0.4, 0.5) is 15.5 Å². The molecule has 1 aliphatic rings. The number of carbonyl (C=O) groups excluding carboxylic acids is 2.